The van der Waals surface area contributed by atoms with Gasteiger partial charge in [0.15, 0.2) is 5.75 Å². The van der Waals surface area contributed by atoms with E-state index < -0.39 is 17.5 Å². The van der Waals surface area contributed by atoms with E-state index in [1.54, 1.807) is 24.4 Å². The molecule has 3 aliphatic rings. The number of ether oxygens (including phenoxy) is 2. The molecule has 2 N–H and O–H groups in total. The number of amides is 2. The molecule has 268 valence electrons. The molecule has 11 heteroatoms. The van der Waals surface area contributed by atoms with Gasteiger partial charge in [-0.05, 0) is 129 Å². The zero-order valence-corrected chi connectivity index (χ0v) is 28.7. The van der Waals surface area contributed by atoms with Crippen LogP contribution in [0.4, 0.5) is 4.39 Å². The van der Waals surface area contributed by atoms with Crippen LogP contribution < -0.4 is 20.3 Å². The Morgan fingerprint density at radius 3 is 2.38 bits per heavy atom. The van der Waals surface area contributed by atoms with Gasteiger partial charge in [0.25, 0.3) is 11.5 Å². The molecule has 4 atom stereocenters. The normalized spacial score (nSPS) is 21.4. The molecular weight excluding hydrogens is 663 g/mol. The first-order valence-corrected chi connectivity index (χ1v) is 17.9. The van der Waals surface area contributed by atoms with Crippen LogP contribution in [0.15, 0.2) is 107 Å². The number of imide groups is 1. The standard InChI is InChI=1S/C41H41FN4O6/c42-29-10-5-26(6-11-29)35-17-9-28-22-31(47)13-18-36(28)40(35)27-7-14-32(15-8-27)51-21-3-1-2-4-30-12-16-33(24-43-30)52-34-23-39(49)46(44-25-34)37-19-20-38(48)45-41(37)50/h5-8,10-16,22-25,35-37,40,47H,1-4,9,17-21H2,(H,45,48,50)/t35-,36?,37?,40+/m1/s1. The quantitative estimate of drug-likeness (QED) is 0.115. The van der Waals surface area contributed by atoms with Crippen molar-refractivity contribution in [3.05, 3.63) is 136 Å². The van der Waals surface area contributed by atoms with Crippen LogP contribution in [0.3, 0.4) is 0 Å². The molecule has 2 amide bonds. The fourth-order valence-electron chi connectivity index (χ4n) is 7.64. The van der Waals surface area contributed by atoms with Gasteiger partial charge in [0.1, 0.15) is 29.1 Å². The number of pyridine rings is 1. The van der Waals surface area contributed by atoms with Crippen molar-refractivity contribution in [1.29, 1.82) is 0 Å². The molecule has 2 unspecified atom stereocenters. The first-order valence-electron chi connectivity index (χ1n) is 17.9. The molecular formula is C41H41FN4O6. The maximum Gasteiger partial charge on any atom is 0.271 e. The molecule has 52 heavy (non-hydrogen) atoms. The number of carbonyl (C=O) groups excluding carboxylic acids is 2. The number of allylic oxidation sites excluding steroid dienone is 3. The van der Waals surface area contributed by atoms with E-state index in [9.17, 15) is 23.9 Å². The topological polar surface area (TPSA) is 133 Å². The maximum atomic E-state index is 13.7. The molecule has 10 nitrogen and oxygen atoms in total. The van der Waals surface area contributed by atoms with Gasteiger partial charge >= 0.3 is 0 Å². The molecule has 7 rings (SSSR count). The monoisotopic (exact) mass is 704 g/mol. The number of carbonyl (C=O) groups is 2. The largest absolute Gasteiger partial charge is 0.508 e. The molecule has 2 fully saturated rings. The number of benzene rings is 2. The zero-order valence-electron chi connectivity index (χ0n) is 28.7. The third-order valence-electron chi connectivity index (χ3n) is 10.3. The minimum Gasteiger partial charge on any atom is -0.508 e. The molecule has 0 bridgehead atoms. The van der Waals surface area contributed by atoms with E-state index in [0.717, 1.165) is 66.6 Å². The summed E-state index contributed by atoms with van der Waals surface area (Å²) in [5.41, 5.74) is 4.09. The van der Waals surface area contributed by atoms with Crippen LogP contribution in [-0.4, -0.2) is 38.3 Å². The summed E-state index contributed by atoms with van der Waals surface area (Å²) in [6.07, 6.45) is 13.5. The van der Waals surface area contributed by atoms with Crippen LogP contribution in [0.5, 0.6) is 17.2 Å². The van der Waals surface area contributed by atoms with Gasteiger partial charge in [-0.15, -0.1) is 0 Å². The summed E-state index contributed by atoms with van der Waals surface area (Å²) in [6.45, 7) is 0.608. The Hall–Kier alpha value is -5.58. The number of fused-ring (bicyclic) bond motifs is 1. The highest BCUT2D eigenvalue weighted by molar-refractivity contribution is 5.99. The summed E-state index contributed by atoms with van der Waals surface area (Å²) in [5, 5.41) is 16.5. The lowest BCUT2D eigenvalue weighted by Gasteiger charge is -2.41. The summed E-state index contributed by atoms with van der Waals surface area (Å²) in [4.78, 5) is 40.6. The van der Waals surface area contributed by atoms with Gasteiger partial charge in [-0.2, -0.15) is 5.10 Å². The van der Waals surface area contributed by atoms with Gasteiger partial charge in [-0.1, -0.05) is 29.8 Å². The van der Waals surface area contributed by atoms with Crippen LogP contribution in [0.25, 0.3) is 0 Å². The van der Waals surface area contributed by atoms with E-state index in [4.69, 9.17) is 9.47 Å². The SMILES string of the molecule is O=C1CCC(n2ncc(Oc3ccc(CCCCCOc4ccc([C@@H]5C6CC=C(O)C=C6CC[C@@H]5c5ccc(F)cc5)cc4)nc3)cc2=O)C(=O)N1. The summed E-state index contributed by atoms with van der Waals surface area (Å²) in [6, 6.07) is 19.4. The highest BCUT2D eigenvalue weighted by Crippen LogP contribution is 2.52. The van der Waals surface area contributed by atoms with Gasteiger partial charge in [0.05, 0.1) is 19.0 Å². The van der Waals surface area contributed by atoms with E-state index >= 15 is 0 Å². The van der Waals surface area contributed by atoms with Crippen molar-refractivity contribution in [3.8, 4) is 17.2 Å². The molecule has 0 radical (unpaired) electrons. The number of hydrogen-bond acceptors (Lipinski definition) is 8. The minimum absolute atomic E-state index is 0.152. The van der Waals surface area contributed by atoms with Crippen molar-refractivity contribution in [2.75, 3.05) is 6.61 Å². The number of piperidine rings is 1. The molecule has 2 aromatic carbocycles. The van der Waals surface area contributed by atoms with E-state index in [-0.39, 0.29) is 42.2 Å². The molecule has 2 aromatic heterocycles. The van der Waals surface area contributed by atoms with Crippen LogP contribution in [0.2, 0.25) is 0 Å². The first kappa shape index (κ1) is 34.9. The first-order chi connectivity index (χ1) is 25.3. The van der Waals surface area contributed by atoms with Gasteiger partial charge in [-0.3, -0.25) is 24.7 Å². The highest BCUT2D eigenvalue weighted by Gasteiger charge is 2.38. The third-order valence-corrected chi connectivity index (χ3v) is 10.3. The fraction of sp³-hybridized carbons (Fsp3) is 0.341. The number of aliphatic hydroxyl groups excluding tert-OH is 1. The predicted molar refractivity (Wildman–Crippen MR) is 192 cm³/mol. The Bertz CT molecular complexity index is 2020. The second kappa shape index (κ2) is 15.8. The Morgan fingerprint density at radius 1 is 0.846 bits per heavy atom. The van der Waals surface area contributed by atoms with Gasteiger partial charge in [0.2, 0.25) is 5.91 Å². The Labute approximate surface area is 301 Å². The van der Waals surface area contributed by atoms with Crippen molar-refractivity contribution < 1.29 is 28.6 Å². The lowest BCUT2D eigenvalue weighted by atomic mass is 9.62. The van der Waals surface area contributed by atoms with Crippen molar-refractivity contribution in [3.63, 3.8) is 0 Å². The summed E-state index contributed by atoms with van der Waals surface area (Å²) in [7, 11) is 0. The number of aryl methyl sites for hydroxylation is 1. The van der Waals surface area contributed by atoms with E-state index in [1.807, 2.05) is 42.5 Å². The van der Waals surface area contributed by atoms with Crippen molar-refractivity contribution in [2.45, 2.75) is 75.7 Å². The van der Waals surface area contributed by atoms with Gasteiger partial charge in [0, 0.05) is 18.2 Å². The van der Waals surface area contributed by atoms with Crippen LogP contribution in [-0.2, 0) is 16.0 Å². The smallest absolute Gasteiger partial charge is 0.271 e. The number of rotatable bonds is 12. The van der Waals surface area contributed by atoms with E-state index in [2.05, 4.69) is 27.5 Å². The third kappa shape index (κ3) is 8.14. The highest BCUT2D eigenvalue weighted by atomic mass is 19.1. The Morgan fingerprint density at radius 2 is 1.63 bits per heavy atom. The van der Waals surface area contributed by atoms with Crippen molar-refractivity contribution in [2.24, 2.45) is 5.92 Å². The lowest BCUT2D eigenvalue weighted by Crippen LogP contribution is -2.45. The molecule has 1 aliphatic heterocycles. The zero-order chi connectivity index (χ0) is 36.0. The summed E-state index contributed by atoms with van der Waals surface area (Å²) in [5.74, 6) is 1.52. The Balaban J connectivity index is 0.864. The number of nitrogens with one attached hydrogen (secondary N) is 1. The number of hydrogen-bond donors (Lipinski definition) is 2. The van der Waals surface area contributed by atoms with Crippen LogP contribution >= 0.6 is 0 Å². The molecule has 1 saturated heterocycles. The summed E-state index contributed by atoms with van der Waals surface area (Å²) >= 11 is 0. The minimum atomic E-state index is -0.826. The van der Waals surface area contributed by atoms with E-state index in [1.165, 1.54) is 23.4 Å². The second-order valence-corrected chi connectivity index (χ2v) is 13.7. The Kier molecular flexibility index (Phi) is 10.6. The molecule has 2 aliphatic carbocycles. The number of unbranched alkanes of at least 4 members (excludes halogenated alkanes) is 2. The number of aromatic nitrogens is 3. The molecule has 1 saturated carbocycles. The molecule has 0 spiro atoms. The number of nitrogens with zero attached hydrogens (tertiary/aromatic N) is 3. The number of halogens is 1. The van der Waals surface area contributed by atoms with Gasteiger partial charge < -0.3 is 14.6 Å². The lowest BCUT2D eigenvalue weighted by molar-refractivity contribution is -0.136. The molecule has 4 aromatic rings. The number of aliphatic hydroxyl groups is 1. The second-order valence-electron chi connectivity index (χ2n) is 13.7. The van der Waals surface area contributed by atoms with Crippen LogP contribution in [0.1, 0.15) is 86.1 Å². The summed E-state index contributed by atoms with van der Waals surface area (Å²) < 4.78 is 26.7. The van der Waals surface area contributed by atoms with Gasteiger partial charge in [-0.25, -0.2) is 9.07 Å². The van der Waals surface area contributed by atoms with Crippen LogP contribution in [0, 0.1) is 11.7 Å². The average molecular weight is 705 g/mol. The van der Waals surface area contributed by atoms with E-state index in [0.29, 0.717) is 24.0 Å². The fourth-order valence-corrected chi connectivity index (χ4v) is 7.64. The maximum absolute atomic E-state index is 13.7. The molecule has 3 heterocycles. The van der Waals surface area contributed by atoms with Crippen molar-refractivity contribution >= 4 is 11.8 Å². The van der Waals surface area contributed by atoms with Crippen molar-refractivity contribution in [1.82, 2.24) is 20.1 Å². The predicted octanol–water partition coefficient (Wildman–Crippen LogP) is 7.39. The average Bonchev–Trinajstić information content (AvgIpc) is 3.14.